The maximum absolute atomic E-state index is 12.7. The molecule has 1 aromatic carbocycles. The maximum Gasteiger partial charge on any atom is 0.326 e. The third-order valence-electron chi connectivity index (χ3n) is 4.44. The molecular weight excluding hydrogens is 388 g/mol. The molecule has 0 saturated carbocycles. The molecule has 1 rings (SSSR count). The topological polar surface area (TPSA) is 186 Å². The van der Waals surface area contributed by atoms with Gasteiger partial charge < -0.3 is 32.9 Å². The first-order valence-corrected chi connectivity index (χ1v) is 9.80. The number of amides is 2. The van der Waals surface area contributed by atoms with Crippen LogP contribution in [-0.2, 0) is 20.8 Å². The second-order valence-electron chi connectivity index (χ2n) is 7.37. The Kier molecular flexibility index (Phi) is 10.3. The van der Waals surface area contributed by atoms with Crippen molar-refractivity contribution in [3.63, 3.8) is 0 Å². The van der Waals surface area contributed by atoms with Gasteiger partial charge in [-0.15, -0.1) is 0 Å². The number of hydrogen-bond donors (Lipinski definition) is 6. The highest BCUT2D eigenvalue weighted by Gasteiger charge is 2.29. The van der Waals surface area contributed by atoms with Crippen LogP contribution in [0.4, 0.5) is 0 Å². The summed E-state index contributed by atoms with van der Waals surface area (Å²) in [5.74, 6) is -2.65. The summed E-state index contributed by atoms with van der Waals surface area (Å²) in [5.41, 5.74) is 17.5. The number of carbonyl (C=O) groups is 3. The first-order valence-electron chi connectivity index (χ1n) is 9.80. The lowest BCUT2D eigenvalue weighted by Gasteiger charge is -2.24. The van der Waals surface area contributed by atoms with Crippen molar-refractivity contribution in [2.75, 3.05) is 6.54 Å². The Morgan fingerprint density at radius 2 is 1.70 bits per heavy atom. The zero-order valence-corrected chi connectivity index (χ0v) is 17.4. The summed E-state index contributed by atoms with van der Waals surface area (Å²) in [6.07, 6.45) is 0.930. The van der Waals surface area contributed by atoms with Crippen LogP contribution in [0.5, 0.6) is 0 Å². The van der Waals surface area contributed by atoms with Crippen molar-refractivity contribution in [1.82, 2.24) is 10.6 Å². The molecule has 0 aliphatic carbocycles. The molecule has 0 aliphatic heterocycles. The minimum absolute atomic E-state index is 0.0735. The van der Waals surface area contributed by atoms with E-state index in [4.69, 9.17) is 17.2 Å². The molecule has 10 heteroatoms. The number of carboxylic acid groups (broad SMARTS) is 1. The van der Waals surface area contributed by atoms with E-state index in [9.17, 15) is 19.5 Å². The van der Waals surface area contributed by atoms with Gasteiger partial charge in [0, 0.05) is 6.54 Å². The molecule has 0 aliphatic rings. The van der Waals surface area contributed by atoms with Gasteiger partial charge in [-0.1, -0.05) is 44.2 Å². The number of benzene rings is 1. The summed E-state index contributed by atoms with van der Waals surface area (Å²) in [6, 6.07) is 6.36. The standard InChI is InChI=1S/C20H32N6O4/c1-12(2)16(19(29)30)26-18(28)15(9-6-10-24-20(22)23)25-17(27)14(21)11-13-7-4-3-5-8-13/h3-5,7-8,12,14-16H,6,9-11,21H2,1-2H3,(H,25,27)(H,26,28)(H,29,30)(H4,22,23,24)/t14-,15-,16-/m0/s1. The van der Waals surface area contributed by atoms with Crippen LogP contribution in [0.15, 0.2) is 35.3 Å². The summed E-state index contributed by atoms with van der Waals surface area (Å²) >= 11 is 0. The molecule has 0 unspecified atom stereocenters. The number of guanidine groups is 1. The van der Waals surface area contributed by atoms with Gasteiger partial charge in [0.2, 0.25) is 11.8 Å². The van der Waals surface area contributed by atoms with Crippen molar-refractivity contribution in [3.8, 4) is 0 Å². The highest BCUT2D eigenvalue weighted by Crippen LogP contribution is 2.07. The molecule has 2 amide bonds. The second-order valence-corrected chi connectivity index (χ2v) is 7.37. The number of hydrogen-bond acceptors (Lipinski definition) is 5. The first kappa shape index (κ1) is 24.9. The third-order valence-corrected chi connectivity index (χ3v) is 4.44. The first-order chi connectivity index (χ1) is 14.1. The molecule has 10 nitrogen and oxygen atoms in total. The van der Waals surface area contributed by atoms with Gasteiger partial charge in [0.1, 0.15) is 12.1 Å². The van der Waals surface area contributed by atoms with Gasteiger partial charge in [-0.3, -0.25) is 14.6 Å². The molecule has 166 valence electrons. The third kappa shape index (κ3) is 8.91. The minimum Gasteiger partial charge on any atom is -0.480 e. The van der Waals surface area contributed by atoms with E-state index >= 15 is 0 Å². The molecule has 0 heterocycles. The number of carboxylic acids is 1. The Bertz CT molecular complexity index is 734. The summed E-state index contributed by atoms with van der Waals surface area (Å²) in [4.78, 5) is 40.5. The van der Waals surface area contributed by atoms with E-state index in [1.54, 1.807) is 13.8 Å². The van der Waals surface area contributed by atoms with E-state index in [-0.39, 0.29) is 24.8 Å². The smallest absolute Gasteiger partial charge is 0.326 e. The molecule has 0 aromatic heterocycles. The van der Waals surface area contributed by atoms with Gasteiger partial charge in [-0.05, 0) is 30.7 Å². The number of nitrogens with one attached hydrogen (secondary N) is 2. The Morgan fingerprint density at radius 3 is 2.23 bits per heavy atom. The predicted molar refractivity (Wildman–Crippen MR) is 114 cm³/mol. The number of rotatable bonds is 12. The van der Waals surface area contributed by atoms with Crippen LogP contribution in [0, 0.1) is 5.92 Å². The van der Waals surface area contributed by atoms with Gasteiger partial charge in [0.15, 0.2) is 5.96 Å². The average Bonchev–Trinajstić information content (AvgIpc) is 2.68. The number of nitrogens with two attached hydrogens (primary N) is 3. The lowest BCUT2D eigenvalue weighted by atomic mass is 10.0. The minimum atomic E-state index is -1.15. The van der Waals surface area contributed by atoms with E-state index < -0.39 is 35.9 Å². The van der Waals surface area contributed by atoms with Crippen molar-refractivity contribution in [2.45, 2.75) is 51.2 Å². The molecule has 30 heavy (non-hydrogen) atoms. The monoisotopic (exact) mass is 420 g/mol. The summed E-state index contributed by atoms with van der Waals surface area (Å²) in [6.45, 7) is 3.63. The quantitative estimate of drug-likeness (QED) is 0.147. The van der Waals surface area contributed by atoms with Crippen molar-refractivity contribution >= 4 is 23.7 Å². The summed E-state index contributed by atoms with van der Waals surface area (Å²) in [7, 11) is 0. The van der Waals surface area contributed by atoms with E-state index in [0.717, 1.165) is 5.56 Å². The molecule has 0 fully saturated rings. The van der Waals surface area contributed by atoms with Crippen LogP contribution < -0.4 is 27.8 Å². The lowest BCUT2D eigenvalue weighted by molar-refractivity contribution is -0.143. The summed E-state index contributed by atoms with van der Waals surface area (Å²) in [5, 5.41) is 14.4. The van der Waals surface area contributed by atoms with Crippen LogP contribution >= 0.6 is 0 Å². The SMILES string of the molecule is CC(C)[C@H](NC(=O)[C@H](CCCN=C(N)N)NC(=O)[C@@H](N)Cc1ccccc1)C(=O)O. The zero-order chi connectivity index (χ0) is 22.7. The second kappa shape index (κ2) is 12.4. The Morgan fingerprint density at radius 1 is 1.07 bits per heavy atom. The van der Waals surface area contributed by atoms with Crippen LogP contribution in [0.2, 0.25) is 0 Å². The number of nitrogens with zero attached hydrogens (tertiary/aromatic N) is 1. The van der Waals surface area contributed by atoms with Gasteiger partial charge in [-0.25, -0.2) is 4.79 Å². The lowest BCUT2D eigenvalue weighted by Crippen LogP contribution is -2.55. The van der Waals surface area contributed by atoms with E-state index in [0.29, 0.717) is 12.8 Å². The highest BCUT2D eigenvalue weighted by molar-refractivity contribution is 5.91. The molecule has 3 atom stereocenters. The maximum atomic E-state index is 12.7. The Hall–Kier alpha value is -3.14. The van der Waals surface area contributed by atoms with E-state index in [1.807, 2.05) is 30.3 Å². The van der Waals surface area contributed by atoms with E-state index in [1.165, 1.54) is 0 Å². The fourth-order valence-electron chi connectivity index (χ4n) is 2.78. The number of aliphatic carboxylic acids is 1. The highest BCUT2D eigenvalue weighted by atomic mass is 16.4. The summed E-state index contributed by atoms with van der Waals surface area (Å²) < 4.78 is 0. The van der Waals surface area contributed by atoms with Crippen LogP contribution in [-0.4, -0.2) is 53.5 Å². The van der Waals surface area contributed by atoms with Crippen molar-refractivity contribution in [2.24, 2.45) is 28.1 Å². The normalized spacial score (nSPS) is 13.7. The molecule has 0 spiro atoms. The van der Waals surface area contributed by atoms with Gasteiger partial charge in [0.05, 0.1) is 6.04 Å². The fraction of sp³-hybridized carbons (Fsp3) is 0.500. The van der Waals surface area contributed by atoms with Crippen LogP contribution in [0.3, 0.4) is 0 Å². The molecule has 0 bridgehead atoms. The Labute approximate surface area is 176 Å². The largest absolute Gasteiger partial charge is 0.480 e. The molecule has 0 saturated heterocycles. The molecule has 9 N–H and O–H groups in total. The van der Waals surface area contributed by atoms with Crippen LogP contribution in [0.1, 0.15) is 32.3 Å². The van der Waals surface area contributed by atoms with Crippen molar-refractivity contribution < 1.29 is 19.5 Å². The molecule has 1 aromatic rings. The van der Waals surface area contributed by atoms with Crippen molar-refractivity contribution in [1.29, 1.82) is 0 Å². The van der Waals surface area contributed by atoms with Gasteiger partial charge in [0.25, 0.3) is 0 Å². The van der Waals surface area contributed by atoms with Crippen molar-refractivity contribution in [3.05, 3.63) is 35.9 Å². The molecule has 0 radical (unpaired) electrons. The number of carbonyl (C=O) groups excluding carboxylic acids is 2. The zero-order valence-electron chi connectivity index (χ0n) is 17.4. The van der Waals surface area contributed by atoms with Crippen LogP contribution in [0.25, 0.3) is 0 Å². The van der Waals surface area contributed by atoms with E-state index in [2.05, 4.69) is 15.6 Å². The molecular formula is C20H32N6O4. The Balaban J connectivity index is 2.82. The van der Waals surface area contributed by atoms with Gasteiger partial charge in [-0.2, -0.15) is 0 Å². The predicted octanol–water partition coefficient (Wildman–Crippen LogP) is -0.680. The van der Waals surface area contributed by atoms with Gasteiger partial charge >= 0.3 is 5.97 Å². The average molecular weight is 421 g/mol. The fourth-order valence-corrected chi connectivity index (χ4v) is 2.78. The number of aliphatic imine (C=N–C) groups is 1.